The first-order valence-electron chi connectivity index (χ1n) is 10.3. The minimum Gasteiger partial charge on any atom is -0.374 e. The van der Waals surface area contributed by atoms with E-state index in [2.05, 4.69) is 30.8 Å². The van der Waals surface area contributed by atoms with Crippen molar-refractivity contribution >= 4 is 61.4 Å². The van der Waals surface area contributed by atoms with E-state index in [4.69, 9.17) is 33.3 Å². The summed E-state index contributed by atoms with van der Waals surface area (Å²) in [5.74, 6) is -0.337. The second-order valence-electron chi connectivity index (χ2n) is 7.97. The molecule has 204 valence electrons. The number of alkyl halides is 6. The maximum atomic E-state index is 14.3. The molecule has 0 saturated carbocycles. The zero-order chi connectivity index (χ0) is 28.5. The van der Waals surface area contributed by atoms with E-state index in [-0.39, 0.29) is 35.5 Å². The fraction of sp³-hybridized carbons (Fsp3) is 0.318. The summed E-state index contributed by atoms with van der Waals surface area (Å²) in [6, 6.07) is 5.35. The summed E-state index contributed by atoms with van der Waals surface area (Å²) in [4.78, 5) is 16.8. The van der Waals surface area contributed by atoms with Gasteiger partial charge in [0.15, 0.2) is 0 Å². The molecule has 1 heterocycles. The lowest BCUT2D eigenvalue weighted by Gasteiger charge is -2.30. The Hall–Kier alpha value is -2.34. The van der Waals surface area contributed by atoms with Gasteiger partial charge < -0.3 is 10.2 Å². The van der Waals surface area contributed by atoms with Crippen LogP contribution in [0.15, 0.2) is 44.3 Å². The summed E-state index contributed by atoms with van der Waals surface area (Å²) in [6.07, 6.45) is -7.92. The van der Waals surface area contributed by atoms with Crippen LogP contribution < -0.4 is 5.32 Å². The van der Waals surface area contributed by atoms with Crippen LogP contribution in [0.5, 0.6) is 0 Å². The number of halogens is 9. The van der Waals surface area contributed by atoms with Crippen molar-refractivity contribution in [2.75, 3.05) is 12.0 Å². The van der Waals surface area contributed by atoms with E-state index in [1.165, 1.54) is 18.2 Å². The summed E-state index contributed by atoms with van der Waals surface area (Å²) in [6.45, 7) is 0.0718. The van der Waals surface area contributed by atoms with Gasteiger partial charge in [-0.1, -0.05) is 67.1 Å². The third-order valence-corrected chi connectivity index (χ3v) is 8.00. The van der Waals surface area contributed by atoms with Crippen molar-refractivity contribution in [3.8, 4) is 6.19 Å². The molecule has 0 fully saturated rings. The highest BCUT2D eigenvalue weighted by Gasteiger charge is 2.63. The number of amides is 1. The number of oxime groups is 1. The van der Waals surface area contributed by atoms with Gasteiger partial charge in [-0.25, -0.2) is 0 Å². The fourth-order valence-electron chi connectivity index (χ4n) is 3.49. The SMILES string of the molecule is CS(CC(=O)NCc1ccc(C2=NOC(c3cc(Cl)c(Cl)c(C(F)(F)F)c3)(C(F)(F)F)C2)cc1Br)=NC#N. The van der Waals surface area contributed by atoms with Crippen LogP contribution in [-0.2, 0) is 38.6 Å². The van der Waals surface area contributed by atoms with Crippen LogP contribution >= 0.6 is 39.1 Å². The highest BCUT2D eigenvalue weighted by atomic mass is 79.9. The maximum Gasteiger partial charge on any atom is 0.435 e. The van der Waals surface area contributed by atoms with Crippen LogP contribution in [0.3, 0.4) is 0 Å². The van der Waals surface area contributed by atoms with Crippen molar-refractivity contribution in [2.45, 2.75) is 30.9 Å². The van der Waals surface area contributed by atoms with Crippen LogP contribution in [0.1, 0.15) is 28.7 Å². The Morgan fingerprint density at radius 3 is 2.53 bits per heavy atom. The lowest BCUT2D eigenvalue weighted by Crippen LogP contribution is -2.43. The summed E-state index contributed by atoms with van der Waals surface area (Å²) in [7, 11) is -0.768. The molecule has 0 aliphatic carbocycles. The summed E-state index contributed by atoms with van der Waals surface area (Å²) >= 11 is 14.7. The Morgan fingerprint density at radius 2 is 1.95 bits per heavy atom. The molecule has 2 atom stereocenters. The second kappa shape index (κ2) is 11.4. The number of nitrogens with one attached hydrogen (secondary N) is 1. The van der Waals surface area contributed by atoms with Crippen molar-refractivity contribution in [3.05, 3.63) is 67.1 Å². The quantitative estimate of drug-likeness (QED) is 0.270. The van der Waals surface area contributed by atoms with Crippen molar-refractivity contribution in [2.24, 2.45) is 9.52 Å². The topological polar surface area (TPSA) is 86.8 Å². The van der Waals surface area contributed by atoms with Gasteiger partial charge in [0.1, 0.15) is 0 Å². The zero-order valence-corrected chi connectivity index (χ0v) is 22.9. The summed E-state index contributed by atoms with van der Waals surface area (Å²) in [5, 5.41) is 13.1. The second-order valence-corrected chi connectivity index (χ2v) is 11.3. The fourth-order valence-corrected chi connectivity index (χ4v) is 5.13. The van der Waals surface area contributed by atoms with Gasteiger partial charge >= 0.3 is 12.4 Å². The van der Waals surface area contributed by atoms with E-state index in [0.717, 1.165) is 0 Å². The number of carbonyl (C=O) groups excluding carboxylic acids is 1. The molecular formula is C22H15BrCl2F6N4O2S. The van der Waals surface area contributed by atoms with E-state index in [0.29, 0.717) is 16.1 Å². The predicted octanol–water partition coefficient (Wildman–Crippen LogP) is 6.89. The van der Waals surface area contributed by atoms with Gasteiger partial charge in [0.05, 0.1) is 27.1 Å². The average Bonchev–Trinajstić information content (AvgIpc) is 3.26. The van der Waals surface area contributed by atoms with Gasteiger partial charge in [-0.15, -0.1) is 0 Å². The minimum absolute atomic E-state index is 0.0156. The normalized spacial score (nSPS) is 18.5. The first-order valence-corrected chi connectivity index (χ1v) is 13.6. The molecule has 3 rings (SSSR count). The van der Waals surface area contributed by atoms with Crippen LogP contribution in [0, 0.1) is 11.5 Å². The monoisotopic (exact) mass is 662 g/mol. The number of nitriles is 1. The van der Waals surface area contributed by atoms with Crippen LogP contribution in [0.2, 0.25) is 10.0 Å². The number of nitrogens with zero attached hydrogens (tertiary/aromatic N) is 3. The highest BCUT2D eigenvalue weighted by Crippen LogP contribution is 2.51. The molecule has 6 nitrogen and oxygen atoms in total. The molecule has 0 aromatic heterocycles. The van der Waals surface area contributed by atoms with Crippen molar-refractivity contribution in [1.82, 2.24) is 5.32 Å². The number of hydrogen-bond acceptors (Lipinski definition) is 5. The Balaban J connectivity index is 1.87. The van der Waals surface area contributed by atoms with E-state index in [9.17, 15) is 31.1 Å². The van der Waals surface area contributed by atoms with Crippen LogP contribution in [-0.4, -0.2) is 29.8 Å². The number of rotatable bonds is 6. The maximum absolute atomic E-state index is 14.3. The molecule has 0 saturated heterocycles. The third kappa shape index (κ3) is 6.44. The predicted molar refractivity (Wildman–Crippen MR) is 134 cm³/mol. The molecule has 1 N–H and O–H groups in total. The molecule has 16 heteroatoms. The number of carbonyl (C=O) groups is 1. The van der Waals surface area contributed by atoms with E-state index in [1.54, 1.807) is 12.4 Å². The molecule has 0 bridgehead atoms. The summed E-state index contributed by atoms with van der Waals surface area (Å²) in [5.41, 5.74) is -5.06. The molecule has 0 radical (unpaired) electrons. The largest absolute Gasteiger partial charge is 0.435 e. The van der Waals surface area contributed by atoms with E-state index in [1.807, 2.05) is 0 Å². The third-order valence-electron chi connectivity index (χ3n) is 5.38. The molecule has 2 aromatic carbocycles. The molecular weight excluding hydrogens is 649 g/mol. The van der Waals surface area contributed by atoms with Crippen molar-refractivity contribution in [3.63, 3.8) is 0 Å². The number of hydrogen-bond donors (Lipinski definition) is 1. The van der Waals surface area contributed by atoms with Crippen LogP contribution in [0.4, 0.5) is 26.3 Å². The standard InChI is InChI=1S/C22H15BrCl2F6N4O2S/c1-38(34-10-32)9-18(36)33-8-12-3-2-11(4-15(12)23)17-7-20(37-35-17,22(29,30)31)13-5-14(21(26,27)28)19(25)16(24)6-13/h2-6H,7-9H2,1H3,(H,33,36). The molecule has 2 aromatic rings. The van der Waals surface area contributed by atoms with Gasteiger partial charge in [-0.2, -0.15) is 36.0 Å². The van der Waals surface area contributed by atoms with E-state index >= 15 is 0 Å². The van der Waals surface area contributed by atoms with Gasteiger partial charge in [0, 0.05) is 28.6 Å². The number of benzene rings is 2. The Kier molecular flexibility index (Phi) is 9.07. The van der Waals surface area contributed by atoms with Crippen molar-refractivity contribution < 1.29 is 36.0 Å². The Morgan fingerprint density at radius 1 is 1.26 bits per heavy atom. The molecule has 38 heavy (non-hydrogen) atoms. The van der Waals surface area contributed by atoms with Gasteiger partial charge in [-0.05, 0) is 30.0 Å². The molecule has 1 amide bonds. The van der Waals surface area contributed by atoms with E-state index < -0.39 is 56.2 Å². The average molecular weight is 664 g/mol. The van der Waals surface area contributed by atoms with Crippen LogP contribution in [0.25, 0.3) is 0 Å². The highest BCUT2D eigenvalue weighted by molar-refractivity contribution is 9.10. The zero-order valence-electron chi connectivity index (χ0n) is 19.0. The lowest BCUT2D eigenvalue weighted by atomic mass is 9.85. The molecule has 1 aliphatic heterocycles. The van der Waals surface area contributed by atoms with Gasteiger partial charge in [0.25, 0.3) is 5.60 Å². The molecule has 2 unspecified atom stereocenters. The first-order chi connectivity index (χ1) is 17.6. The Labute approximate surface area is 233 Å². The van der Waals surface area contributed by atoms with Gasteiger partial charge in [0.2, 0.25) is 12.1 Å². The Bertz CT molecular complexity index is 1380. The van der Waals surface area contributed by atoms with Crippen molar-refractivity contribution in [1.29, 1.82) is 5.26 Å². The minimum atomic E-state index is -5.17. The smallest absolute Gasteiger partial charge is 0.374 e. The lowest BCUT2D eigenvalue weighted by molar-refractivity contribution is -0.276. The van der Waals surface area contributed by atoms with Gasteiger partial charge in [-0.3, -0.25) is 4.79 Å². The molecule has 1 aliphatic rings. The summed E-state index contributed by atoms with van der Waals surface area (Å²) < 4.78 is 87.0. The molecule has 0 spiro atoms. The first kappa shape index (κ1) is 30.2.